The van der Waals surface area contributed by atoms with Gasteiger partial charge in [-0.2, -0.15) is 0 Å². The van der Waals surface area contributed by atoms with Crippen molar-refractivity contribution in [2.24, 2.45) is 0 Å². The fraction of sp³-hybridized carbons (Fsp3) is 0.100. The lowest BCUT2D eigenvalue weighted by molar-refractivity contribution is 0.950. The lowest BCUT2D eigenvalue weighted by Crippen LogP contribution is -2.16. The number of hydrogen-bond donors (Lipinski definition) is 1. The van der Waals surface area contributed by atoms with E-state index in [9.17, 15) is 4.79 Å². The van der Waals surface area contributed by atoms with Gasteiger partial charge >= 0.3 is 5.69 Å². The van der Waals surface area contributed by atoms with Gasteiger partial charge in [0, 0.05) is 16.9 Å². The third kappa shape index (κ3) is 1.80. The summed E-state index contributed by atoms with van der Waals surface area (Å²) in [4.78, 5) is 14.1. The Hall–Kier alpha value is -1.19. The number of hydrogen-bond acceptors (Lipinski definition) is 1. The molecule has 1 aromatic carbocycles. The van der Waals surface area contributed by atoms with Crippen molar-refractivity contribution >= 4 is 23.2 Å². The Morgan fingerprint density at radius 1 is 1.33 bits per heavy atom. The van der Waals surface area contributed by atoms with Crippen molar-refractivity contribution in [1.82, 2.24) is 9.55 Å². The van der Waals surface area contributed by atoms with Gasteiger partial charge in [-0.25, -0.2) is 4.79 Å². The molecular formula is C10H8Cl2N2O. The van der Waals surface area contributed by atoms with E-state index in [2.05, 4.69) is 4.98 Å². The Bertz CT molecular complexity index is 557. The lowest BCUT2D eigenvalue weighted by atomic mass is 10.3. The van der Waals surface area contributed by atoms with Gasteiger partial charge in [-0.15, -0.1) is 0 Å². The Morgan fingerprint density at radius 3 is 2.67 bits per heavy atom. The number of nitrogens with one attached hydrogen (secondary N) is 1. The molecule has 0 aliphatic carbocycles. The number of aryl methyl sites for hydroxylation is 1. The number of halogens is 2. The normalized spacial score (nSPS) is 10.6. The summed E-state index contributed by atoms with van der Waals surface area (Å²) in [5.41, 5.74) is 1.15. The minimum atomic E-state index is -0.225. The summed E-state index contributed by atoms with van der Waals surface area (Å²) in [6.45, 7) is 1.81. The van der Waals surface area contributed by atoms with Crippen molar-refractivity contribution in [2.75, 3.05) is 0 Å². The molecule has 0 aliphatic rings. The van der Waals surface area contributed by atoms with E-state index in [0.29, 0.717) is 15.7 Å². The fourth-order valence-corrected chi connectivity index (χ4v) is 1.78. The van der Waals surface area contributed by atoms with Gasteiger partial charge in [0.25, 0.3) is 0 Å². The summed E-state index contributed by atoms with van der Waals surface area (Å²) in [6, 6.07) is 5.00. The molecule has 1 N–H and O–H groups in total. The molecule has 0 saturated carbocycles. The highest BCUT2D eigenvalue weighted by atomic mass is 35.5. The molecule has 0 unspecified atom stereocenters. The van der Waals surface area contributed by atoms with Crippen molar-refractivity contribution in [1.29, 1.82) is 0 Å². The maximum absolute atomic E-state index is 11.5. The molecule has 0 saturated heterocycles. The second-order valence-electron chi connectivity index (χ2n) is 3.17. The first-order chi connectivity index (χ1) is 7.09. The number of rotatable bonds is 1. The van der Waals surface area contributed by atoms with Gasteiger partial charge in [0.15, 0.2) is 0 Å². The van der Waals surface area contributed by atoms with Gasteiger partial charge in [0.2, 0.25) is 0 Å². The van der Waals surface area contributed by atoms with Crippen molar-refractivity contribution in [2.45, 2.75) is 6.92 Å². The molecule has 0 aliphatic heterocycles. The van der Waals surface area contributed by atoms with Crippen LogP contribution in [0.15, 0.2) is 29.2 Å². The molecule has 1 aromatic heterocycles. The SMILES string of the molecule is Cc1c[nH]c(=O)n1-c1cc(Cl)ccc1Cl. The molecule has 0 spiro atoms. The summed E-state index contributed by atoms with van der Waals surface area (Å²) in [5, 5.41) is 1.03. The minimum Gasteiger partial charge on any atom is -0.312 e. The maximum Gasteiger partial charge on any atom is 0.330 e. The van der Waals surface area contributed by atoms with Crippen LogP contribution in [0.2, 0.25) is 10.0 Å². The Kier molecular flexibility index (Phi) is 2.59. The first-order valence-electron chi connectivity index (χ1n) is 4.32. The van der Waals surface area contributed by atoms with Gasteiger partial charge < -0.3 is 4.98 Å². The number of nitrogens with zero attached hydrogens (tertiary/aromatic N) is 1. The van der Waals surface area contributed by atoms with Crippen molar-refractivity contribution in [3.63, 3.8) is 0 Å². The van der Waals surface area contributed by atoms with Crippen LogP contribution >= 0.6 is 23.2 Å². The van der Waals surface area contributed by atoms with Crippen LogP contribution in [0.25, 0.3) is 5.69 Å². The van der Waals surface area contributed by atoms with Crippen LogP contribution in [-0.4, -0.2) is 9.55 Å². The van der Waals surface area contributed by atoms with Crippen LogP contribution in [0.1, 0.15) is 5.69 Å². The fourth-order valence-electron chi connectivity index (χ4n) is 1.41. The van der Waals surface area contributed by atoms with Crippen molar-refractivity contribution in [3.05, 3.63) is 50.6 Å². The zero-order valence-corrected chi connectivity index (χ0v) is 9.43. The van der Waals surface area contributed by atoms with E-state index in [1.807, 2.05) is 6.92 Å². The van der Waals surface area contributed by atoms with Crippen LogP contribution in [0.5, 0.6) is 0 Å². The Morgan fingerprint density at radius 2 is 2.07 bits per heavy atom. The third-order valence-corrected chi connectivity index (χ3v) is 2.66. The highest BCUT2D eigenvalue weighted by Gasteiger charge is 2.08. The van der Waals surface area contributed by atoms with Crippen molar-refractivity contribution < 1.29 is 0 Å². The minimum absolute atomic E-state index is 0.225. The van der Waals surface area contributed by atoms with Gasteiger partial charge in [0.05, 0.1) is 10.7 Å². The molecule has 78 valence electrons. The lowest BCUT2D eigenvalue weighted by Gasteiger charge is -2.06. The second kappa shape index (κ2) is 3.76. The molecule has 0 atom stereocenters. The topological polar surface area (TPSA) is 37.8 Å². The molecule has 15 heavy (non-hydrogen) atoms. The molecule has 0 bridgehead atoms. The van der Waals surface area contributed by atoms with Gasteiger partial charge in [-0.05, 0) is 25.1 Å². The first-order valence-corrected chi connectivity index (χ1v) is 5.07. The first kappa shape index (κ1) is 10.3. The van der Waals surface area contributed by atoms with E-state index >= 15 is 0 Å². The van der Waals surface area contributed by atoms with E-state index in [4.69, 9.17) is 23.2 Å². The average molecular weight is 243 g/mol. The molecule has 2 rings (SSSR count). The molecule has 2 aromatic rings. The largest absolute Gasteiger partial charge is 0.330 e. The Labute approximate surface area is 96.3 Å². The number of aromatic nitrogens is 2. The summed E-state index contributed by atoms with van der Waals surface area (Å²) in [7, 11) is 0. The van der Waals surface area contributed by atoms with Gasteiger partial charge in [-0.3, -0.25) is 4.57 Å². The number of aromatic amines is 1. The smallest absolute Gasteiger partial charge is 0.312 e. The molecule has 0 fully saturated rings. The number of imidazole rings is 1. The van der Waals surface area contributed by atoms with Gasteiger partial charge in [-0.1, -0.05) is 23.2 Å². The van der Waals surface area contributed by atoms with E-state index in [-0.39, 0.29) is 5.69 Å². The molecule has 5 heteroatoms. The number of benzene rings is 1. The highest BCUT2D eigenvalue weighted by Crippen LogP contribution is 2.23. The van der Waals surface area contributed by atoms with E-state index < -0.39 is 0 Å². The van der Waals surface area contributed by atoms with Crippen LogP contribution in [0, 0.1) is 6.92 Å². The predicted octanol–water partition coefficient (Wildman–Crippen LogP) is 2.78. The van der Waals surface area contributed by atoms with Crippen LogP contribution in [-0.2, 0) is 0 Å². The zero-order chi connectivity index (χ0) is 11.0. The molecular weight excluding hydrogens is 235 g/mol. The molecule has 1 heterocycles. The maximum atomic E-state index is 11.5. The van der Waals surface area contributed by atoms with Crippen LogP contribution in [0.3, 0.4) is 0 Å². The standard InChI is InChI=1S/C10H8Cl2N2O/c1-6-5-13-10(15)14(6)9-4-7(11)2-3-8(9)12/h2-5H,1H3,(H,13,15). The Balaban J connectivity index is 2.74. The summed E-state index contributed by atoms with van der Waals surface area (Å²) in [5.74, 6) is 0. The van der Waals surface area contributed by atoms with E-state index in [1.165, 1.54) is 4.57 Å². The van der Waals surface area contributed by atoms with Crippen LogP contribution < -0.4 is 5.69 Å². The summed E-state index contributed by atoms with van der Waals surface area (Å²) in [6.07, 6.45) is 1.62. The summed E-state index contributed by atoms with van der Waals surface area (Å²) >= 11 is 11.9. The predicted molar refractivity (Wildman–Crippen MR) is 61.1 cm³/mol. The third-order valence-electron chi connectivity index (χ3n) is 2.11. The monoisotopic (exact) mass is 242 g/mol. The van der Waals surface area contributed by atoms with E-state index in [1.54, 1.807) is 24.4 Å². The van der Waals surface area contributed by atoms with Crippen LogP contribution in [0.4, 0.5) is 0 Å². The molecule has 0 amide bonds. The van der Waals surface area contributed by atoms with E-state index in [0.717, 1.165) is 5.69 Å². The molecule has 0 radical (unpaired) electrons. The van der Waals surface area contributed by atoms with Gasteiger partial charge in [0.1, 0.15) is 0 Å². The summed E-state index contributed by atoms with van der Waals surface area (Å²) < 4.78 is 1.48. The average Bonchev–Trinajstić information content (AvgIpc) is 2.51. The quantitative estimate of drug-likeness (QED) is 0.821. The zero-order valence-electron chi connectivity index (χ0n) is 7.92. The molecule has 3 nitrogen and oxygen atoms in total. The second-order valence-corrected chi connectivity index (χ2v) is 4.01. The highest BCUT2D eigenvalue weighted by molar-refractivity contribution is 6.34. The number of H-pyrrole nitrogens is 1. The van der Waals surface area contributed by atoms with Crippen molar-refractivity contribution in [3.8, 4) is 5.69 Å².